The fourth-order valence-electron chi connectivity index (χ4n) is 3.97. The van der Waals surface area contributed by atoms with Crippen molar-refractivity contribution < 1.29 is 22.7 Å². The van der Waals surface area contributed by atoms with Crippen molar-refractivity contribution >= 4 is 27.5 Å². The number of nitrogens with zero attached hydrogens (tertiary/aromatic N) is 2. The number of carbonyl (C=O) groups excluding carboxylic acids is 2. The first-order valence-corrected chi connectivity index (χ1v) is 14.3. The Hall–Kier alpha value is -3.07. The molecule has 0 aromatic heterocycles. The molecule has 204 valence electrons. The van der Waals surface area contributed by atoms with Crippen LogP contribution in [0.25, 0.3) is 0 Å². The predicted octanol–water partition coefficient (Wildman–Crippen LogP) is 4.19. The van der Waals surface area contributed by atoms with Crippen LogP contribution in [0.4, 0.5) is 5.69 Å². The molecule has 0 heterocycles. The van der Waals surface area contributed by atoms with Crippen LogP contribution < -0.4 is 14.4 Å². The maximum atomic E-state index is 13.4. The quantitative estimate of drug-likeness (QED) is 0.469. The van der Waals surface area contributed by atoms with E-state index in [-0.39, 0.29) is 31.3 Å². The van der Waals surface area contributed by atoms with Gasteiger partial charge in [-0.25, -0.2) is 8.42 Å². The van der Waals surface area contributed by atoms with Gasteiger partial charge in [-0.2, -0.15) is 0 Å². The number of nitrogens with one attached hydrogen (secondary N) is 1. The highest BCUT2D eigenvalue weighted by Gasteiger charge is 2.29. The molecule has 37 heavy (non-hydrogen) atoms. The largest absolute Gasteiger partial charge is 0.497 e. The Morgan fingerprint density at radius 3 is 2.22 bits per heavy atom. The van der Waals surface area contributed by atoms with E-state index in [1.54, 1.807) is 25.0 Å². The van der Waals surface area contributed by atoms with Crippen molar-refractivity contribution in [2.24, 2.45) is 0 Å². The second-order valence-electron chi connectivity index (χ2n) is 10.4. The van der Waals surface area contributed by atoms with Crippen molar-refractivity contribution in [3.63, 3.8) is 0 Å². The zero-order valence-corrected chi connectivity index (χ0v) is 24.1. The molecule has 0 aliphatic carbocycles. The zero-order valence-electron chi connectivity index (χ0n) is 23.3. The summed E-state index contributed by atoms with van der Waals surface area (Å²) in [5, 5.41) is 2.95. The van der Waals surface area contributed by atoms with Crippen LogP contribution in [0.1, 0.15) is 57.2 Å². The van der Waals surface area contributed by atoms with Gasteiger partial charge >= 0.3 is 0 Å². The summed E-state index contributed by atoms with van der Waals surface area (Å²) in [6, 6.07) is 12.2. The summed E-state index contributed by atoms with van der Waals surface area (Å²) in [5.74, 6) is 0.233. The molecule has 0 aliphatic heterocycles. The van der Waals surface area contributed by atoms with Crippen molar-refractivity contribution in [1.82, 2.24) is 10.2 Å². The van der Waals surface area contributed by atoms with Crippen molar-refractivity contribution in [3.8, 4) is 5.75 Å². The van der Waals surface area contributed by atoms with Crippen molar-refractivity contribution in [3.05, 3.63) is 59.2 Å². The number of aryl methyl sites for hydroxylation is 1. The van der Waals surface area contributed by atoms with Gasteiger partial charge in [0.15, 0.2) is 0 Å². The van der Waals surface area contributed by atoms with Gasteiger partial charge in [0.25, 0.3) is 0 Å². The lowest BCUT2D eigenvalue weighted by Crippen LogP contribution is -2.52. The molecule has 0 saturated heterocycles. The van der Waals surface area contributed by atoms with Gasteiger partial charge in [0, 0.05) is 25.0 Å². The molecular weight excluding hydrogens is 490 g/mol. The van der Waals surface area contributed by atoms with Gasteiger partial charge in [-0.15, -0.1) is 0 Å². The molecule has 2 aromatic carbocycles. The molecule has 0 spiro atoms. The van der Waals surface area contributed by atoms with E-state index in [9.17, 15) is 18.0 Å². The average Bonchev–Trinajstić information content (AvgIpc) is 2.80. The molecule has 0 radical (unpaired) electrons. The van der Waals surface area contributed by atoms with Crippen LogP contribution in [-0.2, 0) is 26.2 Å². The van der Waals surface area contributed by atoms with Gasteiger partial charge in [-0.1, -0.05) is 24.3 Å². The fraction of sp³-hybridized carbons (Fsp3) is 0.500. The van der Waals surface area contributed by atoms with Gasteiger partial charge in [-0.3, -0.25) is 13.9 Å². The summed E-state index contributed by atoms with van der Waals surface area (Å²) in [6.07, 6.45) is 1.58. The SMILES string of the molecule is COc1ccc(CN(C(=O)CCCN(c2cccc(C)c2C)S(C)(=O)=O)[C@H](C)C(=O)NC(C)(C)C)cc1. The monoisotopic (exact) mass is 531 g/mol. The summed E-state index contributed by atoms with van der Waals surface area (Å²) in [5.41, 5.74) is 2.90. The minimum absolute atomic E-state index is 0.0974. The van der Waals surface area contributed by atoms with Crippen LogP contribution in [0.15, 0.2) is 42.5 Å². The van der Waals surface area contributed by atoms with E-state index in [1.165, 1.54) is 10.6 Å². The maximum absolute atomic E-state index is 13.4. The van der Waals surface area contributed by atoms with Crippen LogP contribution in [0, 0.1) is 13.8 Å². The van der Waals surface area contributed by atoms with E-state index in [0.29, 0.717) is 17.9 Å². The highest BCUT2D eigenvalue weighted by molar-refractivity contribution is 7.92. The fourth-order valence-corrected chi connectivity index (χ4v) is 4.99. The minimum atomic E-state index is -3.55. The lowest BCUT2D eigenvalue weighted by atomic mass is 10.1. The summed E-state index contributed by atoms with van der Waals surface area (Å²) < 4.78 is 31.8. The number of hydrogen-bond acceptors (Lipinski definition) is 5. The number of sulfonamides is 1. The third kappa shape index (κ3) is 8.77. The third-order valence-electron chi connectivity index (χ3n) is 6.17. The van der Waals surface area contributed by atoms with Gasteiger partial charge < -0.3 is 15.0 Å². The number of amides is 2. The number of carbonyl (C=O) groups is 2. The van der Waals surface area contributed by atoms with E-state index in [2.05, 4.69) is 5.32 Å². The lowest BCUT2D eigenvalue weighted by molar-refractivity contribution is -0.141. The van der Waals surface area contributed by atoms with E-state index < -0.39 is 21.6 Å². The summed E-state index contributed by atoms with van der Waals surface area (Å²) in [4.78, 5) is 27.9. The number of rotatable bonds is 11. The van der Waals surface area contributed by atoms with Gasteiger partial charge in [0.2, 0.25) is 21.8 Å². The van der Waals surface area contributed by atoms with E-state index in [1.807, 2.05) is 71.0 Å². The molecule has 0 aliphatic rings. The van der Waals surface area contributed by atoms with Crippen LogP contribution >= 0.6 is 0 Å². The topological polar surface area (TPSA) is 96.0 Å². The second-order valence-corrected chi connectivity index (χ2v) is 12.3. The van der Waals surface area contributed by atoms with Crippen molar-refractivity contribution in [1.29, 1.82) is 0 Å². The Kier molecular flexibility index (Phi) is 10.1. The van der Waals surface area contributed by atoms with Crippen LogP contribution in [-0.4, -0.2) is 56.6 Å². The molecule has 9 heteroatoms. The molecule has 0 fully saturated rings. The Morgan fingerprint density at radius 2 is 1.68 bits per heavy atom. The molecule has 0 saturated carbocycles. The van der Waals surface area contributed by atoms with Crippen molar-refractivity contribution in [2.75, 3.05) is 24.2 Å². The molecule has 8 nitrogen and oxygen atoms in total. The molecular formula is C28H41N3O5S. The molecule has 1 N–H and O–H groups in total. The van der Waals surface area contributed by atoms with Crippen LogP contribution in [0.2, 0.25) is 0 Å². The Labute approximate surface area is 222 Å². The average molecular weight is 532 g/mol. The van der Waals surface area contributed by atoms with Crippen LogP contribution in [0.3, 0.4) is 0 Å². The van der Waals surface area contributed by atoms with Gasteiger partial charge in [0.1, 0.15) is 11.8 Å². The number of hydrogen-bond donors (Lipinski definition) is 1. The van der Waals surface area contributed by atoms with E-state index >= 15 is 0 Å². The van der Waals surface area contributed by atoms with E-state index in [4.69, 9.17) is 4.74 Å². The molecule has 0 unspecified atom stereocenters. The maximum Gasteiger partial charge on any atom is 0.242 e. The molecule has 1 atom stereocenters. The Balaban J connectivity index is 2.23. The summed E-state index contributed by atoms with van der Waals surface area (Å²) in [6.45, 7) is 11.6. The second kappa shape index (κ2) is 12.4. The number of ether oxygens (including phenoxy) is 1. The molecule has 2 aromatic rings. The van der Waals surface area contributed by atoms with E-state index in [0.717, 1.165) is 16.7 Å². The first kappa shape index (κ1) is 30.2. The normalized spacial score (nSPS) is 12.5. The van der Waals surface area contributed by atoms with Gasteiger partial charge in [0.05, 0.1) is 19.1 Å². The lowest BCUT2D eigenvalue weighted by Gasteiger charge is -2.32. The molecule has 0 bridgehead atoms. The highest BCUT2D eigenvalue weighted by Crippen LogP contribution is 2.25. The van der Waals surface area contributed by atoms with Crippen LogP contribution in [0.5, 0.6) is 5.75 Å². The number of anilines is 1. The first-order chi connectivity index (χ1) is 17.1. The zero-order chi connectivity index (χ0) is 28.0. The Bertz CT molecular complexity index is 1190. The predicted molar refractivity (Wildman–Crippen MR) is 148 cm³/mol. The standard InChI is InChI=1S/C28H41N3O5S/c1-20-11-9-12-25(21(20)2)31(37(8,34)35)18-10-13-26(32)30(22(3)27(33)29-28(4,5)6)19-23-14-16-24(36-7)17-15-23/h9,11-12,14-17,22H,10,13,18-19H2,1-8H3,(H,29,33)/t22-/m1/s1. The first-order valence-electron chi connectivity index (χ1n) is 12.4. The third-order valence-corrected chi connectivity index (χ3v) is 7.35. The smallest absolute Gasteiger partial charge is 0.242 e. The number of methoxy groups -OCH3 is 1. The highest BCUT2D eigenvalue weighted by atomic mass is 32.2. The molecule has 2 amide bonds. The Morgan fingerprint density at radius 1 is 1.05 bits per heavy atom. The summed E-state index contributed by atoms with van der Waals surface area (Å²) in [7, 11) is -1.96. The number of benzene rings is 2. The minimum Gasteiger partial charge on any atom is -0.497 e. The van der Waals surface area contributed by atoms with Gasteiger partial charge in [-0.05, 0) is 82.9 Å². The summed E-state index contributed by atoms with van der Waals surface area (Å²) >= 11 is 0. The molecule has 2 rings (SSSR count). The van der Waals surface area contributed by atoms with Crippen molar-refractivity contribution in [2.45, 2.75) is 72.5 Å².